The normalized spacial score (nSPS) is 11.8. The minimum atomic E-state index is -4.66. The summed E-state index contributed by atoms with van der Waals surface area (Å²) >= 11 is 0. The van der Waals surface area contributed by atoms with Crippen LogP contribution in [0.3, 0.4) is 0 Å². The molecule has 0 aliphatic heterocycles. The third-order valence-corrected chi connectivity index (χ3v) is 3.32. The minimum absolute atomic E-state index is 0.206. The summed E-state index contributed by atoms with van der Waals surface area (Å²) in [5, 5.41) is 0. The molecule has 0 saturated heterocycles. The van der Waals surface area contributed by atoms with E-state index in [1.165, 1.54) is 17.7 Å². The highest BCUT2D eigenvalue weighted by atomic mass is 19.4. The van der Waals surface area contributed by atoms with Crippen LogP contribution in [0.1, 0.15) is 30.9 Å². The molecule has 0 amide bonds. The number of hydrogen-bond acceptors (Lipinski definition) is 1. The summed E-state index contributed by atoms with van der Waals surface area (Å²) in [5.74, 6) is 0.239. The van der Waals surface area contributed by atoms with E-state index in [-0.39, 0.29) is 5.75 Å². The first-order valence-corrected chi connectivity index (χ1v) is 6.73. The fraction of sp³-hybridized carbons (Fsp3) is 0.294. The third kappa shape index (κ3) is 4.00. The quantitative estimate of drug-likeness (QED) is 0.707. The van der Waals surface area contributed by atoms with Gasteiger partial charge in [0, 0.05) is 0 Å². The van der Waals surface area contributed by atoms with Crippen LogP contribution in [-0.2, 0) is 0 Å². The Labute approximate surface area is 122 Å². The average molecular weight is 294 g/mol. The molecule has 0 heterocycles. The van der Waals surface area contributed by atoms with Crippen molar-refractivity contribution in [2.45, 2.75) is 33.1 Å². The highest BCUT2D eigenvalue weighted by molar-refractivity contribution is 5.68. The predicted octanol–water partition coefficient (Wildman–Crippen LogP) is 5.68. The molecule has 1 nitrogen and oxygen atoms in total. The Kier molecular flexibility index (Phi) is 4.26. The lowest BCUT2D eigenvalue weighted by molar-refractivity contribution is -0.274. The molecule has 0 saturated carbocycles. The summed E-state index contributed by atoms with van der Waals surface area (Å²) in [6, 6.07) is 12.1. The van der Waals surface area contributed by atoms with E-state index in [4.69, 9.17) is 0 Å². The molecule has 0 aromatic heterocycles. The second kappa shape index (κ2) is 5.80. The van der Waals surface area contributed by atoms with Gasteiger partial charge in [0.05, 0.1) is 0 Å². The lowest BCUT2D eigenvalue weighted by Crippen LogP contribution is -2.16. The summed E-state index contributed by atoms with van der Waals surface area (Å²) in [6.45, 7) is 6.25. The Morgan fingerprint density at radius 1 is 0.952 bits per heavy atom. The van der Waals surface area contributed by atoms with Crippen LogP contribution in [-0.4, -0.2) is 6.36 Å². The average Bonchev–Trinajstić information content (AvgIpc) is 2.38. The van der Waals surface area contributed by atoms with Crippen molar-refractivity contribution in [2.75, 3.05) is 0 Å². The molecule has 0 aliphatic carbocycles. The molecular formula is C17H17F3O. The van der Waals surface area contributed by atoms with Crippen molar-refractivity contribution in [3.8, 4) is 16.9 Å². The molecule has 0 bridgehead atoms. The van der Waals surface area contributed by atoms with Gasteiger partial charge in [-0.3, -0.25) is 0 Å². The monoisotopic (exact) mass is 294 g/mol. The molecule has 2 aromatic carbocycles. The van der Waals surface area contributed by atoms with Gasteiger partial charge < -0.3 is 4.74 Å². The summed E-state index contributed by atoms with van der Waals surface area (Å²) < 4.78 is 40.3. The van der Waals surface area contributed by atoms with Crippen LogP contribution >= 0.6 is 0 Å². The van der Waals surface area contributed by atoms with Crippen molar-refractivity contribution >= 4 is 0 Å². The maximum absolute atomic E-state index is 12.1. The van der Waals surface area contributed by atoms with Crippen molar-refractivity contribution in [3.05, 3.63) is 53.6 Å². The van der Waals surface area contributed by atoms with E-state index in [0.717, 1.165) is 16.7 Å². The molecule has 0 fully saturated rings. The van der Waals surface area contributed by atoms with E-state index in [1.54, 1.807) is 12.1 Å². The standard InChI is InChI=1S/C17H17F3O/c1-11(2)14-6-9-16(12(3)10-14)13-4-7-15(8-5-13)21-17(18,19)20/h4-11H,1-3H3. The van der Waals surface area contributed by atoms with Crippen molar-refractivity contribution in [3.63, 3.8) is 0 Å². The van der Waals surface area contributed by atoms with E-state index < -0.39 is 6.36 Å². The van der Waals surface area contributed by atoms with Crippen LogP contribution in [0.2, 0.25) is 0 Å². The number of rotatable bonds is 3. The fourth-order valence-corrected chi connectivity index (χ4v) is 2.21. The fourth-order valence-electron chi connectivity index (χ4n) is 2.21. The van der Waals surface area contributed by atoms with Crippen LogP contribution in [0.15, 0.2) is 42.5 Å². The molecule has 4 heteroatoms. The maximum Gasteiger partial charge on any atom is 0.573 e. The van der Waals surface area contributed by atoms with Gasteiger partial charge in [-0.15, -0.1) is 13.2 Å². The molecular weight excluding hydrogens is 277 g/mol. The van der Waals surface area contributed by atoms with E-state index in [0.29, 0.717) is 5.92 Å². The lowest BCUT2D eigenvalue weighted by Gasteiger charge is -2.12. The second-order valence-electron chi connectivity index (χ2n) is 5.30. The SMILES string of the molecule is Cc1cc(C(C)C)ccc1-c1ccc(OC(F)(F)F)cc1. The van der Waals surface area contributed by atoms with Gasteiger partial charge in [-0.05, 0) is 47.2 Å². The van der Waals surface area contributed by atoms with Gasteiger partial charge >= 0.3 is 6.36 Å². The number of ether oxygens (including phenoxy) is 1. The number of hydrogen-bond donors (Lipinski definition) is 0. The zero-order chi connectivity index (χ0) is 15.6. The Morgan fingerprint density at radius 3 is 2.05 bits per heavy atom. The van der Waals surface area contributed by atoms with Crippen LogP contribution in [0, 0.1) is 6.92 Å². The van der Waals surface area contributed by atoms with Crippen LogP contribution < -0.4 is 4.74 Å². The molecule has 0 atom stereocenters. The number of halogens is 3. The predicted molar refractivity (Wildman–Crippen MR) is 77.4 cm³/mol. The summed E-state index contributed by atoms with van der Waals surface area (Å²) in [4.78, 5) is 0. The summed E-state index contributed by atoms with van der Waals surface area (Å²) in [5.41, 5.74) is 4.23. The van der Waals surface area contributed by atoms with E-state index in [2.05, 4.69) is 24.7 Å². The van der Waals surface area contributed by atoms with Crippen LogP contribution in [0.25, 0.3) is 11.1 Å². The number of benzene rings is 2. The summed E-state index contributed by atoms with van der Waals surface area (Å²) in [6.07, 6.45) is -4.66. The van der Waals surface area contributed by atoms with Gasteiger partial charge in [0.1, 0.15) is 5.75 Å². The molecule has 0 unspecified atom stereocenters. The highest BCUT2D eigenvalue weighted by Crippen LogP contribution is 2.29. The van der Waals surface area contributed by atoms with Gasteiger partial charge in [-0.1, -0.05) is 44.2 Å². The molecule has 2 rings (SSSR count). The van der Waals surface area contributed by atoms with Crippen molar-refractivity contribution in [1.82, 2.24) is 0 Å². The number of aryl methyl sites for hydroxylation is 1. The molecule has 21 heavy (non-hydrogen) atoms. The first-order valence-electron chi connectivity index (χ1n) is 6.73. The summed E-state index contributed by atoms with van der Waals surface area (Å²) in [7, 11) is 0. The minimum Gasteiger partial charge on any atom is -0.406 e. The van der Waals surface area contributed by atoms with Gasteiger partial charge in [-0.25, -0.2) is 0 Å². The Balaban J connectivity index is 2.27. The van der Waals surface area contributed by atoms with Gasteiger partial charge in [0.25, 0.3) is 0 Å². The first kappa shape index (κ1) is 15.4. The van der Waals surface area contributed by atoms with Gasteiger partial charge in [0.15, 0.2) is 0 Å². The van der Waals surface area contributed by atoms with Crippen molar-refractivity contribution in [2.24, 2.45) is 0 Å². The van der Waals surface area contributed by atoms with Gasteiger partial charge in [0.2, 0.25) is 0 Å². The first-order chi connectivity index (χ1) is 9.76. The van der Waals surface area contributed by atoms with Gasteiger partial charge in [-0.2, -0.15) is 0 Å². The van der Waals surface area contributed by atoms with E-state index in [9.17, 15) is 13.2 Å². The smallest absolute Gasteiger partial charge is 0.406 e. The highest BCUT2D eigenvalue weighted by Gasteiger charge is 2.30. The van der Waals surface area contributed by atoms with Crippen LogP contribution in [0.4, 0.5) is 13.2 Å². The zero-order valence-corrected chi connectivity index (χ0v) is 12.2. The zero-order valence-electron chi connectivity index (χ0n) is 12.2. The van der Waals surface area contributed by atoms with E-state index in [1.807, 2.05) is 19.1 Å². The Hall–Kier alpha value is -1.97. The largest absolute Gasteiger partial charge is 0.573 e. The Bertz CT molecular complexity index is 613. The lowest BCUT2D eigenvalue weighted by atomic mass is 9.94. The molecule has 0 spiro atoms. The third-order valence-electron chi connectivity index (χ3n) is 3.32. The second-order valence-corrected chi connectivity index (χ2v) is 5.30. The van der Waals surface area contributed by atoms with Crippen molar-refractivity contribution in [1.29, 1.82) is 0 Å². The number of alkyl halides is 3. The van der Waals surface area contributed by atoms with E-state index >= 15 is 0 Å². The molecule has 112 valence electrons. The molecule has 0 N–H and O–H groups in total. The maximum atomic E-state index is 12.1. The Morgan fingerprint density at radius 2 is 1.57 bits per heavy atom. The van der Waals surface area contributed by atoms with Crippen LogP contribution in [0.5, 0.6) is 5.75 Å². The molecule has 0 radical (unpaired) electrons. The molecule has 2 aromatic rings. The molecule has 0 aliphatic rings. The van der Waals surface area contributed by atoms with Crippen molar-refractivity contribution < 1.29 is 17.9 Å². The topological polar surface area (TPSA) is 9.23 Å².